The average molecular weight is 262 g/mol. The van der Waals surface area contributed by atoms with Crippen molar-refractivity contribution in [2.24, 2.45) is 0 Å². The van der Waals surface area contributed by atoms with E-state index < -0.39 is 0 Å². The van der Waals surface area contributed by atoms with Crippen LogP contribution in [0.4, 0.5) is 0 Å². The molecule has 0 bridgehead atoms. The Hall–Kier alpha value is -1.46. The zero-order valence-corrected chi connectivity index (χ0v) is 11.5. The van der Waals surface area contributed by atoms with Gasteiger partial charge in [-0.05, 0) is 19.2 Å². The summed E-state index contributed by atoms with van der Waals surface area (Å²) in [6, 6.07) is 5.93. The number of pyridine rings is 1. The van der Waals surface area contributed by atoms with Gasteiger partial charge < -0.3 is 10.2 Å². The number of nitrogens with one attached hydrogen (secondary N) is 1. The molecule has 0 atom stereocenters. The fraction of sp³-hybridized carbons (Fsp3) is 0.571. The zero-order valence-electron chi connectivity index (χ0n) is 11.5. The number of aromatic nitrogens is 1. The second-order valence-electron chi connectivity index (χ2n) is 4.94. The molecule has 0 saturated carbocycles. The topological polar surface area (TPSA) is 48.5 Å². The van der Waals surface area contributed by atoms with Crippen LogP contribution in [-0.4, -0.2) is 67.0 Å². The number of hydrogen-bond donors (Lipinski definition) is 1. The van der Waals surface area contributed by atoms with Crippen LogP contribution in [0, 0.1) is 0 Å². The van der Waals surface area contributed by atoms with Crippen molar-refractivity contribution >= 4 is 5.91 Å². The van der Waals surface area contributed by atoms with Gasteiger partial charge in [-0.3, -0.25) is 14.7 Å². The average Bonchev–Trinajstić information content (AvgIpc) is 2.47. The minimum atomic E-state index is 0.227. The molecule has 1 saturated heterocycles. The quantitative estimate of drug-likeness (QED) is 0.811. The molecule has 1 N–H and O–H groups in total. The number of likely N-dealkylation sites (N-methyl/N-ethyl adjacent to an activating group) is 1. The zero-order chi connectivity index (χ0) is 13.5. The van der Waals surface area contributed by atoms with E-state index in [1.807, 2.05) is 30.1 Å². The van der Waals surface area contributed by atoms with Crippen LogP contribution in [0.25, 0.3) is 0 Å². The molecule has 0 unspecified atom stereocenters. The summed E-state index contributed by atoms with van der Waals surface area (Å²) < 4.78 is 0. The van der Waals surface area contributed by atoms with Crippen molar-refractivity contribution in [2.75, 3.05) is 46.3 Å². The summed E-state index contributed by atoms with van der Waals surface area (Å²) >= 11 is 0. The molecule has 0 aromatic carbocycles. The molecule has 1 aliphatic rings. The van der Waals surface area contributed by atoms with Crippen molar-refractivity contribution in [2.45, 2.75) is 6.42 Å². The Bertz CT molecular complexity index is 390. The van der Waals surface area contributed by atoms with E-state index in [0.717, 1.165) is 44.8 Å². The number of carbonyl (C=O) groups excluding carboxylic acids is 1. The highest BCUT2D eigenvalue weighted by molar-refractivity contribution is 5.78. The highest BCUT2D eigenvalue weighted by atomic mass is 16.2. The normalized spacial score (nSPS) is 15.8. The first-order valence-electron chi connectivity index (χ1n) is 6.82. The second-order valence-corrected chi connectivity index (χ2v) is 4.94. The lowest BCUT2D eigenvalue weighted by molar-refractivity contribution is -0.132. The van der Waals surface area contributed by atoms with Gasteiger partial charge in [-0.15, -0.1) is 0 Å². The molecule has 0 radical (unpaired) electrons. The fourth-order valence-corrected chi connectivity index (χ4v) is 2.18. The SMILES string of the molecule is CN(CCc1ccccn1)CC(=O)N1CCNCC1. The Morgan fingerprint density at radius 3 is 2.89 bits per heavy atom. The van der Waals surface area contributed by atoms with Crippen LogP contribution < -0.4 is 5.32 Å². The largest absolute Gasteiger partial charge is 0.339 e. The minimum Gasteiger partial charge on any atom is -0.339 e. The van der Waals surface area contributed by atoms with E-state index >= 15 is 0 Å². The maximum absolute atomic E-state index is 12.1. The first kappa shape index (κ1) is 14.0. The van der Waals surface area contributed by atoms with Gasteiger partial charge in [0.1, 0.15) is 0 Å². The van der Waals surface area contributed by atoms with Crippen molar-refractivity contribution in [1.82, 2.24) is 20.1 Å². The Kier molecular flexibility index (Phi) is 5.30. The van der Waals surface area contributed by atoms with E-state index in [4.69, 9.17) is 0 Å². The molecular formula is C14H22N4O. The Morgan fingerprint density at radius 1 is 1.42 bits per heavy atom. The van der Waals surface area contributed by atoms with E-state index in [-0.39, 0.29) is 5.91 Å². The molecule has 19 heavy (non-hydrogen) atoms. The van der Waals surface area contributed by atoms with Gasteiger partial charge in [0.2, 0.25) is 5.91 Å². The van der Waals surface area contributed by atoms with Gasteiger partial charge in [-0.2, -0.15) is 0 Å². The van der Waals surface area contributed by atoms with Crippen LogP contribution in [0.3, 0.4) is 0 Å². The second kappa shape index (κ2) is 7.21. The summed E-state index contributed by atoms with van der Waals surface area (Å²) in [4.78, 5) is 20.4. The van der Waals surface area contributed by atoms with E-state index in [9.17, 15) is 4.79 Å². The van der Waals surface area contributed by atoms with Crippen LogP contribution in [0.2, 0.25) is 0 Å². The standard InChI is InChI=1S/C14H22N4O/c1-17(9-5-13-4-2-3-6-16-13)12-14(19)18-10-7-15-8-11-18/h2-4,6,15H,5,7-12H2,1H3. The van der Waals surface area contributed by atoms with Crippen molar-refractivity contribution < 1.29 is 4.79 Å². The van der Waals surface area contributed by atoms with E-state index in [0.29, 0.717) is 6.54 Å². The molecule has 2 heterocycles. The molecule has 1 amide bonds. The minimum absolute atomic E-state index is 0.227. The molecule has 0 spiro atoms. The number of piperazine rings is 1. The number of rotatable bonds is 5. The van der Waals surface area contributed by atoms with Crippen LogP contribution in [0.15, 0.2) is 24.4 Å². The number of amides is 1. The lowest BCUT2D eigenvalue weighted by atomic mass is 10.2. The van der Waals surface area contributed by atoms with E-state index in [1.54, 1.807) is 6.20 Å². The van der Waals surface area contributed by atoms with Crippen molar-refractivity contribution in [1.29, 1.82) is 0 Å². The predicted molar refractivity (Wildman–Crippen MR) is 74.9 cm³/mol. The Balaban J connectivity index is 1.71. The first-order valence-corrected chi connectivity index (χ1v) is 6.82. The summed E-state index contributed by atoms with van der Waals surface area (Å²) in [5.74, 6) is 0.227. The number of hydrogen-bond acceptors (Lipinski definition) is 4. The molecule has 1 aromatic rings. The maximum atomic E-state index is 12.1. The van der Waals surface area contributed by atoms with Gasteiger partial charge in [-0.25, -0.2) is 0 Å². The molecular weight excluding hydrogens is 240 g/mol. The van der Waals surface area contributed by atoms with Gasteiger partial charge in [0, 0.05) is 51.0 Å². The number of nitrogens with zero attached hydrogens (tertiary/aromatic N) is 3. The highest BCUT2D eigenvalue weighted by Crippen LogP contribution is 1.99. The van der Waals surface area contributed by atoms with Crippen molar-refractivity contribution in [3.63, 3.8) is 0 Å². The van der Waals surface area contributed by atoms with Crippen LogP contribution in [0.5, 0.6) is 0 Å². The Morgan fingerprint density at radius 2 is 2.21 bits per heavy atom. The van der Waals surface area contributed by atoms with E-state index in [2.05, 4.69) is 15.2 Å². The summed E-state index contributed by atoms with van der Waals surface area (Å²) in [5, 5.41) is 3.25. The predicted octanol–water partition coefficient (Wildman–Crippen LogP) is -0.0123. The molecule has 5 nitrogen and oxygen atoms in total. The van der Waals surface area contributed by atoms with E-state index in [1.165, 1.54) is 0 Å². The third-order valence-electron chi connectivity index (χ3n) is 3.35. The van der Waals surface area contributed by atoms with Gasteiger partial charge in [0.15, 0.2) is 0 Å². The molecule has 1 fully saturated rings. The number of carbonyl (C=O) groups is 1. The van der Waals surface area contributed by atoms with Gasteiger partial charge in [0.25, 0.3) is 0 Å². The smallest absolute Gasteiger partial charge is 0.236 e. The summed E-state index contributed by atoms with van der Waals surface area (Å²) in [6.45, 7) is 4.81. The van der Waals surface area contributed by atoms with Crippen LogP contribution in [0.1, 0.15) is 5.69 Å². The molecule has 1 aliphatic heterocycles. The molecule has 104 valence electrons. The highest BCUT2D eigenvalue weighted by Gasteiger charge is 2.17. The summed E-state index contributed by atoms with van der Waals surface area (Å²) in [6.07, 6.45) is 2.69. The monoisotopic (exact) mass is 262 g/mol. The lowest BCUT2D eigenvalue weighted by Gasteiger charge is -2.29. The van der Waals surface area contributed by atoms with Crippen molar-refractivity contribution in [3.8, 4) is 0 Å². The molecule has 2 rings (SSSR count). The molecule has 1 aromatic heterocycles. The third-order valence-corrected chi connectivity index (χ3v) is 3.35. The summed E-state index contributed by atoms with van der Waals surface area (Å²) in [7, 11) is 1.99. The fourth-order valence-electron chi connectivity index (χ4n) is 2.18. The van der Waals surface area contributed by atoms with Crippen LogP contribution >= 0.6 is 0 Å². The van der Waals surface area contributed by atoms with Crippen LogP contribution in [-0.2, 0) is 11.2 Å². The molecule has 0 aliphatic carbocycles. The van der Waals surface area contributed by atoms with Gasteiger partial charge in [-0.1, -0.05) is 6.07 Å². The first-order chi connectivity index (χ1) is 9.25. The van der Waals surface area contributed by atoms with Gasteiger partial charge in [0.05, 0.1) is 6.54 Å². The lowest BCUT2D eigenvalue weighted by Crippen LogP contribution is -2.49. The Labute approximate surface area is 114 Å². The summed E-state index contributed by atoms with van der Waals surface area (Å²) in [5.41, 5.74) is 1.07. The van der Waals surface area contributed by atoms with Gasteiger partial charge >= 0.3 is 0 Å². The molecule has 5 heteroatoms. The van der Waals surface area contributed by atoms with Crippen molar-refractivity contribution in [3.05, 3.63) is 30.1 Å². The third kappa shape index (κ3) is 4.61. The maximum Gasteiger partial charge on any atom is 0.236 e.